The van der Waals surface area contributed by atoms with E-state index in [0.29, 0.717) is 26.2 Å². The molecule has 1 fully saturated rings. The first-order valence-electron chi connectivity index (χ1n) is 8.47. The summed E-state index contributed by atoms with van der Waals surface area (Å²) < 4.78 is 10.5. The SMILES string of the molecule is COc1ccc(N2CCN(C(=O)COc3cccnc3[N+](=O)[O-])CC2)cc1. The van der Waals surface area contributed by atoms with E-state index in [1.165, 1.54) is 18.3 Å². The Morgan fingerprint density at radius 1 is 1.19 bits per heavy atom. The van der Waals surface area contributed by atoms with Crippen molar-refractivity contribution in [2.24, 2.45) is 0 Å². The van der Waals surface area contributed by atoms with Crippen molar-refractivity contribution < 1.29 is 19.2 Å². The van der Waals surface area contributed by atoms with E-state index >= 15 is 0 Å². The van der Waals surface area contributed by atoms with Crippen molar-refractivity contribution in [1.29, 1.82) is 0 Å². The third kappa shape index (κ3) is 4.43. The number of hydrogen-bond donors (Lipinski definition) is 0. The molecule has 1 aliphatic heterocycles. The maximum atomic E-state index is 12.4. The van der Waals surface area contributed by atoms with Gasteiger partial charge >= 0.3 is 5.82 Å². The normalized spacial score (nSPS) is 14.0. The van der Waals surface area contributed by atoms with Gasteiger partial charge < -0.3 is 29.4 Å². The highest BCUT2D eigenvalue weighted by Crippen LogP contribution is 2.23. The van der Waals surface area contributed by atoms with Gasteiger partial charge in [0.05, 0.1) is 7.11 Å². The minimum Gasteiger partial charge on any atom is -0.497 e. The number of aromatic nitrogens is 1. The maximum Gasteiger partial charge on any atom is 0.406 e. The molecule has 3 rings (SSSR count). The number of carbonyl (C=O) groups excluding carboxylic acids is 1. The van der Waals surface area contributed by atoms with E-state index in [2.05, 4.69) is 9.88 Å². The highest BCUT2D eigenvalue weighted by atomic mass is 16.6. The monoisotopic (exact) mass is 372 g/mol. The number of ether oxygens (including phenoxy) is 2. The largest absolute Gasteiger partial charge is 0.497 e. The van der Waals surface area contributed by atoms with Gasteiger partial charge in [0, 0.05) is 31.9 Å². The Morgan fingerprint density at radius 3 is 2.52 bits per heavy atom. The molecule has 0 atom stereocenters. The van der Waals surface area contributed by atoms with Crippen LogP contribution < -0.4 is 14.4 Å². The van der Waals surface area contributed by atoms with Crippen LogP contribution >= 0.6 is 0 Å². The average Bonchev–Trinajstić information content (AvgIpc) is 2.72. The number of rotatable bonds is 6. The molecular formula is C18H20N4O5. The summed E-state index contributed by atoms with van der Waals surface area (Å²) in [5.74, 6) is 0.194. The van der Waals surface area contributed by atoms with Crippen molar-refractivity contribution >= 4 is 17.4 Å². The van der Waals surface area contributed by atoms with Gasteiger partial charge in [-0.15, -0.1) is 0 Å². The molecule has 1 amide bonds. The molecule has 1 aromatic heterocycles. The molecule has 142 valence electrons. The van der Waals surface area contributed by atoms with Crippen molar-refractivity contribution in [2.45, 2.75) is 0 Å². The Bertz CT molecular complexity index is 804. The number of nitro groups is 1. The van der Waals surface area contributed by atoms with E-state index < -0.39 is 10.7 Å². The quantitative estimate of drug-likeness (QED) is 0.562. The number of methoxy groups -OCH3 is 1. The predicted molar refractivity (Wildman–Crippen MR) is 98.2 cm³/mol. The number of piperazine rings is 1. The number of nitrogens with zero attached hydrogens (tertiary/aromatic N) is 4. The molecule has 27 heavy (non-hydrogen) atoms. The highest BCUT2D eigenvalue weighted by molar-refractivity contribution is 5.78. The molecule has 0 aliphatic carbocycles. The van der Waals surface area contributed by atoms with Crippen LogP contribution in [-0.2, 0) is 4.79 Å². The number of amides is 1. The van der Waals surface area contributed by atoms with Gasteiger partial charge in [-0.25, -0.2) is 0 Å². The van der Waals surface area contributed by atoms with Crippen LogP contribution in [0.5, 0.6) is 11.5 Å². The Hall–Kier alpha value is -3.36. The molecule has 0 unspecified atom stereocenters. The molecular weight excluding hydrogens is 352 g/mol. The minimum atomic E-state index is -0.632. The summed E-state index contributed by atoms with van der Waals surface area (Å²) in [6, 6.07) is 10.7. The predicted octanol–water partition coefficient (Wildman–Crippen LogP) is 1.73. The van der Waals surface area contributed by atoms with Gasteiger partial charge in [-0.2, -0.15) is 0 Å². The molecule has 0 bridgehead atoms. The first-order valence-corrected chi connectivity index (χ1v) is 8.47. The van der Waals surface area contributed by atoms with E-state index in [4.69, 9.17) is 9.47 Å². The first kappa shape index (κ1) is 18.4. The maximum absolute atomic E-state index is 12.4. The van der Waals surface area contributed by atoms with Crippen LogP contribution in [0.15, 0.2) is 42.6 Å². The van der Waals surface area contributed by atoms with Crippen LogP contribution in [0.1, 0.15) is 0 Å². The lowest BCUT2D eigenvalue weighted by atomic mass is 10.2. The minimum absolute atomic E-state index is 0.00674. The zero-order valence-corrected chi connectivity index (χ0v) is 14.9. The van der Waals surface area contributed by atoms with E-state index in [-0.39, 0.29) is 18.3 Å². The van der Waals surface area contributed by atoms with Gasteiger partial charge in [-0.3, -0.25) is 4.79 Å². The summed E-state index contributed by atoms with van der Waals surface area (Å²) in [5.41, 5.74) is 1.07. The summed E-state index contributed by atoms with van der Waals surface area (Å²) in [6.45, 7) is 2.26. The first-order chi connectivity index (χ1) is 13.1. The lowest BCUT2D eigenvalue weighted by molar-refractivity contribution is -0.390. The van der Waals surface area contributed by atoms with Crippen molar-refractivity contribution in [3.05, 3.63) is 52.7 Å². The lowest BCUT2D eigenvalue weighted by Gasteiger charge is -2.36. The van der Waals surface area contributed by atoms with Gasteiger partial charge in [0.25, 0.3) is 5.91 Å². The van der Waals surface area contributed by atoms with Crippen LogP contribution in [0, 0.1) is 10.1 Å². The van der Waals surface area contributed by atoms with Gasteiger partial charge in [0.2, 0.25) is 5.75 Å². The molecule has 9 nitrogen and oxygen atoms in total. The van der Waals surface area contributed by atoms with Crippen LogP contribution in [0.4, 0.5) is 11.5 Å². The fraction of sp³-hybridized carbons (Fsp3) is 0.333. The van der Waals surface area contributed by atoms with E-state index in [1.54, 1.807) is 12.0 Å². The third-order valence-corrected chi connectivity index (χ3v) is 4.34. The molecule has 1 aromatic carbocycles. The Kier molecular flexibility index (Phi) is 5.70. The molecule has 2 aromatic rings. The fourth-order valence-electron chi connectivity index (χ4n) is 2.87. The lowest BCUT2D eigenvalue weighted by Crippen LogP contribution is -2.50. The van der Waals surface area contributed by atoms with E-state index in [0.717, 1.165) is 11.4 Å². The number of anilines is 1. The van der Waals surface area contributed by atoms with E-state index in [1.807, 2.05) is 24.3 Å². The molecule has 2 heterocycles. The van der Waals surface area contributed by atoms with Crippen molar-refractivity contribution in [3.8, 4) is 11.5 Å². The van der Waals surface area contributed by atoms with Crippen LogP contribution in [0.25, 0.3) is 0 Å². The number of pyridine rings is 1. The number of hydrogen-bond acceptors (Lipinski definition) is 7. The Labute approximate surface area is 156 Å². The van der Waals surface area contributed by atoms with Crippen molar-refractivity contribution in [1.82, 2.24) is 9.88 Å². The molecule has 0 saturated carbocycles. The summed E-state index contributed by atoms with van der Waals surface area (Å²) in [7, 11) is 1.63. The second-order valence-electron chi connectivity index (χ2n) is 5.94. The molecule has 1 saturated heterocycles. The zero-order chi connectivity index (χ0) is 19.2. The second-order valence-corrected chi connectivity index (χ2v) is 5.94. The summed E-state index contributed by atoms with van der Waals surface area (Å²) >= 11 is 0. The van der Waals surface area contributed by atoms with Crippen molar-refractivity contribution in [3.63, 3.8) is 0 Å². The van der Waals surface area contributed by atoms with Gasteiger partial charge in [-0.05, 0) is 46.3 Å². The topological polar surface area (TPSA) is 98.0 Å². The summed E-state index contributed by atoms with van der Waals surface area (Å²) in [5, 5.41) is 10.9. The van der Waals surface area contributed by atoms with Crippen molar-refractivity contribution in [2.75, 3.05) is 44.8 Å². The Morgan fingerprint density at radius 2 is 1.89 bits per heavy atom. The van der Waals surface area contributed by atoms with Gasteiger partial charge in [0.15, 0.2) is 6.61 Å². The van der Waals surface area contributed by atoms with Gasteiger partial charge in [0.1, 0.15) is 11.9 Å². The third-order valence-electron chi connectivity index (χ3n) is 4.34. The van der Waals surface area contributed by atoms with Crippen LogP contribution in [-0.4, -0.2) is 60.6 Å². The highest BCUT2D eigenvalue weighted by Gasteiger charge is 2.23. The standard InChI is InChI=1S/C18H20N4O5/c1-26-15-6-4-14(5-7-15)20-9-11-21(12-10-20)17(23)13-27-16-3-2-8-19-18(16)22(24)25/h2-8H,9-13H2,1H3. The molecule has 0 spiro atoms. The number of benzene rings is 1. The summed E-state index contributed by atoms with van der Waals surface area (Å²) in [4.78, 5) is 30.2. The van der Waals surface area contributed by atoms with E-state index in [9.17, 15) is 14.9 Å². The molecule has 0 radical (unpaired) electrons. The van der Waals surface area contributed by atoms with Crippen LogP contribution in [0.2, 0.25) is 0 Å². The second kappa shape index (κ2) is 8.35. The molecule has 1 aliphatic rings. The smallest absolute Gasteiger partial charge is 0.406 e. The fourth-order valence-corrected chi connectivity index (χ4v) is 2.87. The van der Waals surface area contributed by atoms with Crippen LogP contribution in [0.3, 0.4) is 0 Å². The zero-order valence-electron chi connectivity index (χ0n) is 14.9. The average molecular weight is 372 g/mol. The van der Waals surface area contributed by atoms with Gasteiger partial charge in [-0.1, -0.05) is 0 Å². The Balaban J connectivity index is 1.52. The number of carbonyl (C=O) groups is 1. The molecule has 0 N–H and O–H groups in total. The molecule has 9 heteroatoms. The summed E-state index contributed by atoms with van der Waals surface area (Å²) in [6.07, 6.45) is 1.31.